The van der Waals surface area contributed by atoms with E-state index in [-0.39, 0.29) is 5.92 Å². The third-order valence-corrected chi connectivity index (χ3v) is 2.30. The zero-order valence-electron chi connectivity index (χ0n) is 11.0. The molecule has 0 saturated heterocycles. The third kappa shape index (κ3) is 7.50. The van der Waals surface area contributed by atoms with Crippen LogP contribution in [0.1, 0.15) is 47.5 Å². The van der Waals surface area contributed by atoms with E-state index in [9.17, 15) is 10.2 Å². The first kappa shape index (κ1) is 15.2. The molecule has 2 N–H and O–H groups in total. The first-order valence-corrected chi connectivity index (χ1v) is 5.81. The van der Waals surface area contributed by atoms with Crippen LogP contribution < -0.4 is 0 Å². The zero-order valence-corrected chi connectivity index (χ0v) is 11.0. The predicted molar refractivity (Wildman–Crippen MR) is 67.9 cm³/mol. The van der Waals surface area contributed by atoms with Gasteiger partial charge in [-0.15, -0.1) is 0 Å². The summed E-state index contributed by atoms with van der Waals surface area (Å²) < 4.78 is 0. The molecule has 92 valence electrons. The van der Waals surface area contributed by atoms with Crippen molar-refractivity contribution in [3.05, 3.63) is 11.6 Å². The Morgan fingerprint density at radius 2 is 1.94 bits per heavy atom. The fourth-order valence-electron chi connectivity index (χ4n) is 1.10. The van der Waals surface area contributed by atoms with E-state index in [0.717, 1.165) is 6.42 Å². The molecular formula is C14H24O2. The minimum Gasteiger partial charge on any atom is -0.380 e. The van der Waals surface area contributed by atoms with Crippen molar-refractivity contribution in [3.63, 3.8) is 0 Å². The van der Waals surface area contributed by atoms with Crippen LogP contribution in [0.4, 0.5) is 0 Å². The molecule has 1 unspecified atom stereocenters. The molecular weight excluding hydrogens is 200 g/mol. The predicted octanol–water partition coefficient (Wildman–Crippen LogP) is 2.50. The maximum atomic E-state index is 9.94. The average molecular weight is 224 g/mol. The summed E-state index contributed by atoms with van der Waals surface area (Å²) in [6, 6.07) is 0. The SMILES string of the molecule is CC(C)=CCC[C@](C)(O)C#CC(O)C(C)C. The molecule has 0 aliphatic heterocycles. The summed E-state index contributed by atoms with van der Waals surface area (Å²) in [5.41, 5.74) is 0.230. The van der Waals surface area contributed by atoms with Crippen molar-refractivity contribution >= 4 is 0 Å². The van der Waals surface area contributed by atoms with Crippen molar-refractivity contribution in [1.82, 2.24) is 0 Å². The van der Waals surface area contributed by atoms with Crippen LogP contribution in [0.5, 0.6) is 0 Å². The van der Waals surface area contributed by atoms with Crippen molar-refractivity contribution in [2.45, 2.75) is 59.2 Å². The smallest absolute Gasteiger partial charge is 0.123 e. The number of hydrogen-bond acceptors (Lipinski definition) is 2. The highest BCUT2D eigenvalue weighted by atomic mass is 16.3. The molecule has 2 heteroatoms. The lowest BCUT2D eigenvalue weighted by Crippen LogP contribution is -2.22. The number of aliphatic hydroxyl groups excluding tert-OH is 1. The topological polar surface area (TPSA) is 40.5 Å². The van der Waals surface area contributed by atoms with E-state index in [4.69, 9.17) is 0 Å². The number of allylic oxidation sites excluding steroid dienone is 2. The van der Waals surface area contributed by atoms with Crippen molar-refractivity contribution < 1.29 is 10.2 Å². The normalized spacial score (nSPS) is 16.0. The standard InChI is InChI=1S/C14H24O2/c1-11(2)7-6-9-14(5,16)10-8-13(15)12(3)4/h7,12-13,15-16H,6,9H2,1-5H3/t13?,14-/m0/s1. The van der Waals surface area contributed by atoms with E-state index in [2.05, 4.69) is 17.9 Å². The first-order chi connectivity index (χ1) is 7.24. The lowest BCUT2D eigenvalue weighted by molar-refractivity contribution is 0.112. The molecule has 0 aliphatic carbocycles. The molecule has 0 aliphatic rings. The average Bonchev–Trinajstić information content (AvgIpc) is 2.13. The lowest BCUT2D eigenvalue weighted by atomic mass is 9.98. The number of aliphatic hydroxyl groups is 2. The third-order valence-electron chi connectivity index (χ3n) is 2.30. The first-order valence-electron chi connectivity index (χ1n) is 5.81. The Kier molecular flexibility index (Phi) is 6.40. The van der Waals surface area contributed by atoms with E-state index in [1.165, 1.54) is 5.57 Å². The van der Waals surface area contributed by atoms with E-state index in [1.54, 1.807) is 6.92 Å². The zero-order chi connectivity index (χ0) is 12.8. The Balaban J connectivity index is 4.28. The van der Waals surface area contributed by atoms with Crippen molar-refractivity contribution in [1.29, 1.82) is 0 Å². The van der Waals surface area contributed by atoms with Gasteiger partial charge in [-0.3, -0.25) is 0 Å². The van der Waals surface area contributed by atoms with Crippen LogP contribution in [0.25, 0.3) is 0 Å². The quantitative estimate of drug-likeness (QED) is 0.569. The van der Waals surface area contributed by atoms with Gasteiger partial charge >= 0.3 is 0 Å². The van der Waals surface area contributed by atoms with Gasteiger partial charge in [-0.2, -0.15) is 0 Å². The van der Waals surface area contributed by atoms with Crippen LogP contribution in [0.2, 0.25) is 0 Å². The fourth-order valence-corrected chi connectivity index (χ4v) is 1.10. The molecule has 0 bridgehead atoms. The second-order valence-corrected chi connectivity index (χ2v) is 5.05. The molecule has 2 nitrogen and oxygen atoms in total. The lowest BCUT2D eigenvalue weighted by Gasteiger charge is -2.16. The van der Waals surface area contributed by atoms with Gasteiger partial charge in [0.2, 0.25) is 0 Å². The summed E-state index contributed by atoms with van der Waals surface area (Å²) in [4.78, 5) is 0. The summed E-state index contributed by atoms with van der Waals surface area (Å²) in [6.45, 7) is 9.55. The molecule has 0 rings (SSSR count). The second-order valence-electron chi connectivity index (χ2n) is 5.05. The largest absolute Gasteiger partial charge is 0.380 e. The van der Waals surface area contributed by atoms with Gasteiger partial charge in [-0.1, -0.05) is 37.3 Å². The number of rotatable bonds is 4. The highest BCUT2D eigenvalue weighted by Gasteiger charge is 2.16. The molecule has 16 heavy (non-hydrogen) atoms. The number of hydrogen-bond donors (Lipinski definition) is 2. The van der Waals surface area contributed by atoms with Crippen LogP contribution in [0, 0.1) is 17.8 Å². The summed E-state index contributed by atoms with van der Waals surface area (Å²) in [7, 11) is 0. The Morgan fingerprint density at radius 3 is 2.38 bits per heavy atom. The minimum absolute atomic E-state index is 0.0982. The van der Waals surface area contributed by atoms with Crippen molar-refractivity contribution in [2.75, 3.05) is 0 Å². The maximum absolute atomic E-state index is 9.94. The van der Waals surface area contributed by atoms with Gasteiger partial charge in [0.1, 0.15) is 11.7 Å². The fraction of sp³-hybridized carbons (Fsp3) is 0.714. The molecule has 0 amide bonds. The Hall–Kier alpha value is -0.780. The van der Waals surface area contributed by atoms with Gasteiger partial charge in [0.05, 0.1) is 0 Å². The van der Waals surface area contributed by atoms with E-state index in [1.807, 2.05) is 27.7 Å². The summed E-state index contributed by atoms with van der Waals surface area (Å²) >= 11 is 0. The van der Waals surface area contributed by atoms with Gasteiger partial charge in [0.25, 0.3) is 0 Å². The molecule has 0 heterocycles. The summed E-state index contributed by atoms with van der Waals surface area (Å²) in [6.07, 6.45) is 2.82. The summed E-state index contributed by atoms with van der Waals surface area (Å²) in [5.74, 6) is 5.53. The van der Waals surface area contributed by atoms with E-state index >= 15 is 0 Å². The highest BCUT2D eigenvalue weighted by molar-refractivity contribution is 5.15. The van der Waals surface area contributed by atoms with Crippen LogP contribution in [0.3, 0.4) is 0 Å². The van der Waals surface area contributed by atoms with Gasteiger partial charge < -0.3 is 10.2 Å². The molecule has 0 radical (unpaired) electrons. The second kappa shape index (κ2) is 6.73. The van der Waals surface area contributed by atoms with Gasteiger partial charge in [-0.05, 0) is 39.5 Å². The Labute approximate surface area is 99.4 Å². The van der Waals surface area contributed by atoms with Gasteiger partial charge in [0, 0.05) is 0 Å². The monoisotopic (exact) mass is 224 g/mol. The molecule has 0 saturated carbocycles. The Morgan fingerprint density at radius 1 is 1.38 bits per heavy atom. The van der Waals surface area contributed by atoms with Crippen LogP contribution in [-0.4, -0.2) is 21.9 Å². The minimum atomic E-state index is -1.01. The van der Waals surface area contributed by atoms with Crippen molar-refractivity contribution in [3.8, 4) is 11.8 Å². The van der Waals surface area contributed by atoms with E-state index in [0.29, 0.717) is 6.42 Å². The van der Waals surface area contributed by atoms with Crippen LogP contribution in [0.15, 0.2) is 11.6 Å². The highest BCUT2D eigenvalue weighted by Crippen LogP contribution is 2.12. The van der Waals surface area contributed by atoms with Gasteiger partial charge in [0.15, 0.2) is 0 Å². The molecule has 0 aromatic heterocycles. The van der Waals surface area contributed by atoms with Crippen molar-refractivity contribution in [2.24, 2.45) is 5.92 Å². The molecule has 0 spiro atoms. The molecule has 0 aromatic rings. The maximum Gasteiger partial charge on any atom is 0.123 e. The molecule has 2 atom stereocenters. The van der Waals surface area contributed by atoms with Crippen LogP contribution >= 0.6 is 0 Å². The molecule has 0 fully saturated rings. The van der Waals surface area contributed by atoms with Gasteiger partial charge in [-0.25, -0.2) is 0 Å². The molecule has 0 aromatic carbocycles. The summed E-state index contributed by atoms with van der Waals surface area (Å²) in [5, 5.41) is 19.5. The Bertz CT molecular complexity index is 286. The van der Waals surface area contributed by atoms with Crippen LogP contribution in [-0.2, 0) is 0 Å². The van der Waals surface area contributed by atoms with E-state index < -0.39 is 11.7 Å².